The van der Waals surface area contributed by atoms with Gasteiger partial charge in [0.25, 0.3) is 0 Å². The molecule has 0 saturated heterocycles. The molecule has 0 fully saturated rings. The second-order valence-electron chi connectivity index (χ2n) is 7.03. The van der Waals surface area contributed by atoms with Gasteiger partial charge >= 0.3 is 0 Å². The van der Waals surface area contributed by atoms with Crippen LogP contribution < -0.4 is 0 Å². The summed E-state index contributed by atoms with van der Waals surface area (Å²) in [5, 5.41) is 60.4. The minimum absolute atomic E-state index is 0.299. The van der Waals surface area contributed by atoms with Crippen LogP contribution >= 0.6 is 0 Å². The molecule has 0 aliphatic carbocycles. The van der Waals surface area contributed by atoms with E-state index in [0.717, 1.165) is 24.3 Å². The molecule has 6 N–H and O–H groups in total. The SMILES string of the molecule is Cc1cc(C=C(O)[C@@H](O)[C@@H](O)[C@H](O)[C@@H](O)C(O)=Cc2ccc(F)c(C)c2)ccc1F. The van der Waals surface area contributed by atoms with E-state index in [9.17, 15) is 39.4 Å². The molecule has 0 spiro atoms. The van der Waals surface area contributed by atoms with Crippen molar-refractivity contribution in [1.29, 1.82) is 0 Å². The van der Waals surface area contributed by atoms with Crippen molar-refractivity contribution in [3.8, 4) is 0 Å². The van der Waals surface area contributed by atoms with Crippen LogP contribution in [0.3, 0.4) is 0 Å². The number of aliphatic hydroxyl groups excluding tert-OH is 6. The van der Waals surface area contributed by atoms with Gasteiger partial charge in [-0.1, -0.05) is 12.1 Å². The average Bonchev–Trinajstić information content (AvgIpc) is 2.71. The Balaban J connectivity index is 2.14. The van der Waals surface area contributed by atoms with Crippen molar-refractivity contribution in [1.82, 2.24) is 0 Å². The van der Waals surface area contributed by atoms with Crippen LogP contribution in [-0.2, 0) is 0 Å². The van der Waals surface area contributed by atoms with Gasteiger partial charge in [0.05, 0.1) is 0 Å². The fourth-order valence-electron chi connectivity index (χ4n) is 2.75. The number of hydrogen-bond acceptors (Lipinski definition) is 6. The Morgan fingerprint density at radius 1 is 0.700 bits per heavy atom. The molecule has 2 aromatic rings. The van der Waals surface area contributed by atoms with Crippen molar-refractivity contribution in [2.45, 2.75) is 38.3 Å². The molecule has 0 heterocycles. The van der Waals surface area contributed by atoms with Crippen molar-refractivity contribution in [3.63, 3.8) is 0 Å². The lowest BCUT2D eigenvalue weighted by atomic mass is 9.98. The third-order valence-electron chi connectivity index (χ3n) is 4.60. The summed E-state index contributed by atoms with van der Waals surface area (Å²) in [6, 6.07) is 7.79. The Kier molecular flexibility index (Phi) is 7.69. The van der Waals surface area contributed by atoms with Crippen LogP contribution in [0.2, 0.25) is 0 Å². The first-order chi connectivity index (χ1) is 14.0. The standard InChI is InChI=1S/C22H24F2O6/c1-11-7-13(3-5-15(11)23)9-17(25)19(27)21(29)22(30)20(28)18(26)10-14-4-6-16(24)12(2)8-14/h3-10,19-22,25-30H,1-2H3/t19-,20+,21-,22-/m1/s1. The number of benzene rings is 2. The molecule has 30 heavy (non-hydrogen) atoms. The third-order valence-corrected chi connectivity index (χ3v) is 4.60. The van der Waals surface area contributed by atoms with Gasteiger partial charge in [0.2, 0.25) is 0 Å². The molecule has 8 heteroatoms. The summed E-state index contributed by atoms with van der Waals surface area (Å²) >= 11 is 0. The van der Waals surface area contributed by atoms with Gasteiger partial charge in [-0.2, -0.15) is 0 Å². The summed E-state index contributed by atoms with van der Waals surface area (Å²) in [7, 11) is 0. The first-order valence-corrected chi connectivity index (χ1v) is 9.07. The summed E-state index contributed by atoms with van der Waals surface area (Å²) in [6.45, 7) is 3.01. The van der Waals surface area contributed by atoms with Crippen LogP contribution in [0.25, 0.3) is 12.2 Å². The van der Waals surface area contributed by atoms with E-state index in [0.29, 0.717) is 22.3 Å². The highest BCUT2D eigenvalue weighted by atomic mass is 19.1. The summed E-state index contributed by atoms with van der Waals surface area (Å²) in [6.07, 6.45) is -6.00. The molecule has 0 amide bonds. The van der Waals surface area contributed by atoms with Crippen molar-refractivity contribution in [3.05, 3.63) is 81.8 Å². The van der Waals surface area contributed by atoms with Gasteiger partial charge in [-0.25, -0.2) is 8.78 Å². The van der Waals surface area contributed by atoms with E-state index in [1.165, 1.54) is 38.1 Å². The van der Waals surface area contributed by atoms with E-state index in [1.54, 1.807) is 0 Å². The van der Waals surface area contributed by atoms with Crippen LogP contribution in [0.4, 0.5) is 8.78 Å². The van der Waals surface area contributed by atoms with Crippen LogP contribution in [-0.4, -0.2) is 55.1 Å². The molecule has 0 saturated carbocycles. The van der Waals surface area contributed by atoms with Gasteiger partial charge < -0.3 is 30.6 Å². The van der Waals surface area contributed by atoms with E-state index in [-0.39, 0.29) is 0 Å². The third kappa shape index (κ3) is 5.64. The number of rotatable bonds is 7. The minimum Gasteiger partial charge on any atom is -0.509 e. The van der Waals surface area contributed by atoms with E-state index in [1.807, 2.05) is 0 Å². The Morgan fingerprint density at radius 2 is 1.03 bits per heavy atom. The van der Waals surface area contributed by atoms with Gasteiger partial charge in [0.1, 0.15) is 47.6 Å². The number of hydrogen-bond donors (Lipinski definition) is 6. The summed E-state index contributed by atoms with van der Waals surface area (Å²) < 4.78 is 26.6. The fraction of sp³-hybridized carbons (Fsp3) is 0.273. The Bertz CT molecular complexity index is 879. The predicted molar refractivity (Wildman–Crippen MR) is 108 cm³/mol. The van der Waals surface area contributed by atoms with Crippen LogP contribution in [0.15, 0.2) is 47.9 Å². The van der Waals surface area contributed by atoms with Crippen LogP contribution in [0.1, 0.15) is 22.3 Å². The largest absolute Gasteiger partial charge is 0.509 e. The van der Waals surface area contributed by atoms with Crippen LogP contribution in [0.5, 0.6) is 0 Å². The second-order valence-corrected chi connectivity index (χ2v) is 7.03. The van der Waals surface area contributed by atoms with Crippen LogP contribution in [0, 0.1) is 25.5 Å². The Morgan fingerprint density at radius 3 is 1.33 bits per heavy atom. The lowest BCUT2D eigenvalue weighted by Crippen LogP contribution is -2.45. The monoisotopic (exact) mass is 422 g/mol. The molecule has 6 nitrogen and oxygen atoms in total. The molecule has 4 atom stereocenters. The minimum atomic E-state index is -2.07. The molecule has 0 bridgehead atoms. The summed E-state index contributed by atoms with van der Waals surface area (Å²) in [5.41, 5.74) is 1.27. The van der Waals surface area contributed by atoms with Gasteiger partial charge in [0.15, 0.2) is 0 Å². The predicted octanol–water partition coefficient (Wildman–Crippen LogP) is 2.52. The maximum atomic E-state index is 13.3. The molecule has 0 aliphatic rings. The molecular weight excluding hydrogens is 398 g/mol. The molecule has 162 valence electrons. The Labute approximate surface area is 172 Å². The van der Waals surface area contributed by atoms with Crippen molar-refractivity contribution in [2.75, 3.05) is 0 Å². The van der Waals surface area contributed by atoms with Gasteiger partial charge in [-0.05, 0) is 72.5 Å². The first kappa shape index (κ1) is 23.5. The fourth-order valence-corrected chi connectivity index (χ4v) is 2.75. The second kappa shape index (κ2) is 9.82. The zero-order valence-electron chi connectivity index (χ0n) is 16.4. The highest BCUT2D eigenvalue weighted by Crippen LogP contribution is 2.19. The molecule has 0 unspecified atom stereocenters. The van der Waals surface area contributed by atoms with Crippen molar-refractivity contribution in [2.24, 2.45) is 0 Å². The van der Waals surface area contributed by atoms with E-state index >= 15 is 0 Å². The van der Waals surface area contributed by atoms with Crippen molar-refractivity contribution < 1.29 is 39.4 Å². The number of aliphatic hydroxyl groups is 6. The molecule has 2 rings (SSSR count). The van der Waals surface area contributed by atoms with Gasteiger partial charge in [-0.15, -0.1) is 0 Å². The van der Waals surface area contributed by atoms with Crippen molar-refractivity contribution >= 4 is 12.2 Å². The maximum absolute atomic E-state index is 13.3. The Hall–Kier alpha value is -2.78. The zero-order valence-corrected chi connectivity index (χ0v) is 16.4. The lowest BCUT2D eigenvalue weighted by molar-refractivity contribution is -0.0996. The van der Waals surface area contributed by atoms with E-state index < -0.39 is 47.6 Å². The smallest absolute Gasteiger partial charge is 0.139 e. The number of aryl methyl sites for hydroxylation is 2. The summed E-state index contributed by atoms with van der Waals surface area (Å²) in [5.74, 6) is -2.39. The van der Waals surface area contributed by atoms with E-state index in [4.69, 9.17) is 0 Å². The first-order valence-electron chi connectivity index (χ1n) is 9.07. The van der Waals surface area contributed by atoms with Gasteiger partial charge in [0, 0.05) is 0 Å². The quantitative estimate of drug-likeness (QED) is 0.382. The number of halogens is 2. The molecular formula is C22H24F2O6. The average molecular weight is 422 g/mol. The zero-order chi connectivity index (χ0) is 22.6. The maximum Gasteiger partial charge on any atom is 0.139 e. The molecule has 0 radical (unpaired) electrons. The molecule has 0 aromatic heterocycles. The molecule has 0 aliphatic heterocycles. The summed E-state index contributed by atoms with van der Waals surface area (Å²) in [4.78, 5) is 0. The highest BCUT2D eigenvalue weighted by molar-refractivity contribution is 5.54. The topological polar surface area (TPSA) is 121 Å². The molecule has 2 aromatic carbocycles. The van der Waals surface area contributed by atoms with E-state index in [2.05, 4.69) is 0 Å². The van der Waals surface area contributed by atoms with Gasteiger partial charge in [-0.3, -0.25) is 0 Å². The lowest BCUT2D eigenvalue weighted by Gasteiger charge is -2.26. The normalized spacial score (nSPS) is 16.8. The highest BCUT2D eigenvalue weighted by Gasteiger charge is 2.34.